The lowest BCUT2D eigenvalue weighted by molar-refractivity contribution is -0.113. The molecule has 5 heterocycles. The van der Waals surface area contributed by atoms with E-state index in [1.54, 1.807) is 12.3 Å². The molecular weight excluding hydrogens is 406 g/mol. The summed E-state index contributed by atoms with van der Waals surface area (Å²) >= 11 is 0. The van der Waals surface area contributed by atoms with Crippen molar-refractivity contribution in [1.29, 1.82) is 0 Å². The van der Waals surface area contributed by atoms with Gasteiger partial charge in [0, 0.05) is 24.2 Å². The zero-order valence-corrected chi connectivity index (χ0v) is 17.3. The van der Waals surface area contributed by atoms with Gasteiger partial charge in [0.1, 0.15) is 23.1 Å². The topological polar surface area (TPSA) is 76.1 Å². The van der Waals surface area contributed by atoms with Crippen LogP contribution >= 0.6 is 0 Å². The highest BCUT2D eigenvalue weighted by molar-refractivity contribution is 6.10. The SMILES string of the molecule is CC(C)OC1=CC2=NC(C34COC(C3)C4)CN2C=C1C(=O)Nc1cccc(C(F)F)n1. The van der Waals surface area contributed by atoms with Gasteiger partial charge in [-0.1, -0.05) is 6.07 Å². The van der Waals surface area contributed by atoms with Gasteiger partial charge in [0.05, 0.1) is 30.4 Å². The van der Waals surface area contributed by atoms with Crippen LogP contribution < -0.4 is 5.32 Å². The number of aromatic nitrogens is 1. The lowest BCUT2D eigenvalue weighted by atomic mass is 9.65. The van der Waals surface area contributed by atoms with E-state index in [0.717, 1.165) is 25.3 Å². The smallest absolute Gasteiger partial charge is 0.280 e. The number of anilines is 1. The van der Waals surface area contributed by atoms with Gasteiger partial charge in [-0.05, 0) is 38.8 Å². The van der Waals surface area contributed by atoms with Crippen molar-refractivity contribution in [3.8, 4) is 0 Å². The van der Waals surface area contributed by atoms with Crippen LogP contribution in [0.1, 0.15) is 38.8 Å². The fraction of sp³-hybridized carbons (Fsp3) is 0.500. The van der Waals surface area contributed by atoms with Crippen LogP contribution in [0.3, 0.4) is 0 Å². The normalized spacial score (nSPS) is 28.7. The van der Waals surface area contributed by atoms with Gasteiger partial charge >= 0.3 is 0 Å². The van der Waals surface area contributed by atoms with Crippen LogP contribution in [0.5, 0.6) is 0 Å². The predicted octanol–water partition coefficient (Wildman–Crippen LogP) is 3.43. The first-order chi connectivity index (χ1) is 14.8. The Morgan fingerprint density at radius 3 is 2.84 bits per heavy atom. The molecule has 1 unspecified atom stereocenters. The van der Waals surface area contributed by atoms with Gasteiger partial charge in [0.2, 0.25) is 0 Å². The number of carbonyl (C=O) groups excluding carboxylic acids is 1. The maximum atomic E-state index is 13.0. The molecule has 4 aliphatic heterocycles. The first-order valence-electron chi connectivity index (χ1n) is 10.5. The highest BCUT2D eigenvalue weighted by atomic mass is 19.3. The molecule has 1 atom stereocenters. The Morgan fingerprint density at radius 2 is 2.16 bits per heavy atom. The van der Waals surface area contributed by atoms with Gasteiger partial charge in [0.25, 0.3) is 12.3 Å². The Bertz CT molecular complexity index is 993. The van der Waals surface area contributed by atoms with E-state index >= 15 is 0 Å². The largest absolute Gasteiger partial charge is 0.490 e. The van der Waals surface area contributed by atoms with Crippen LogP contribution in [-0.2, 0) is 14.3 Å². The average Bonchev–Trinajstić information content (AvgIpc) is 3.40. The molecule has 2 saturated heterocycles. The van der Waals surface area contributed by atoms with E-state index < -0.39 is 18.0 Å². The van der Waals surface area contributed by atoms with Crippen molar-refractivity contribution in [2.24, 2.45) is 10.4 Å². The summed E-state index contributed by atoms with van der Waals surface area (Å²) < 4.78 is 37.5. The van der Waals surface area contributed by atoms with Gasteiger partial charge in [-0.2, -0.15) is 0 Å². The fourth-order valence-electron chi connectivity index (χ4n) is 4.62. The molecule has 1 aliphatic carbocycles. The van der Waals surface area contributed by atoms with Crippen molar-refractivity contribution in [3.63, 3.8) is 0 Å². The second-order valence-corrected chi connectivity index (χ2v) is 8.78. The fourth-order valence-corrected chi connectivity index (χ4v) is 4.62. The summed E-state index contributed by atoms with van der Waals surface area (Å²) in [6.45, 7) is 5.15. The zero-order chi connectivity index (χ0) is 21.8. The number of amidine groups is 1. The van der Waals surface area contributed by atoms with Crippen LogP contribution in [0.25, 0.3) is 0 Å². The number of nitrogens with zero attached hydrogens (tertiary/aromatic N) is 3. The molecule has 1 N–H and O–H groups in total. The third-order valence-electron chi connectivity index (χ3n) is 6.19. The van der Waals surface area contributed by atoms with E-state index in [9.17, 15) is 13.6 Å². The van der Waals surface area contributed by atoms with Crippen molar-refractivity contribution >= 4 is 17.6 Å². The lowest BCUT2D eigenvalue weighted by Gasteiger charge is -2.39. The Labute approximate surface area is 178 Å². The minimum absolute atomic E-state index is 0.0638. The molecule has 31 heavy (non-hydrogen) atoms. The number of halogens is 2. The van der Waals surface area contributed by atoms with Crippen molar-refractivity contribution in [2.75, 3.05) is 18.5 Å². The van der Waals surface area contributed by atoms with Gasteiger partial charge in [-0.15, -0.1) is 0 Å². The molecule has 0 radical (unpaired) electrons. The minimum atomic E-state index is -2.71. The van der Waals surface area contributed by atoms with E-state index in [1.165, 1.54) is 18.2 Å². The summed E-state index contributed by atoms with van der Waals surface area (Å²) in [5.41, 5.74) is 0.0140. The second kappa shape index (κ2) is 7.40. The molecule has 3 fully saturated rings. The number of alkyl halides is 2. The van der Waals surface area contributed by atoms with E-state index in [4.69, 9.17) is 14.5 Å². The summed E-state index contributed by atoms with van der Waals surface area (Å²) in [6.07, 6.45) is 3.07. The molecule has 9 heteroatoms. The number of fused-ring (bicyclic) bond motifs is 2. The van der Waals surface area contributed by atoms with Crippen LogP contribution in [0, 0.1) is 5.41 Å². The first kappa shape index (κ1) is 20.1. The lowest BCUT2D eigenvalue weighted by Crippen LogP contribution is -2.44. The molecule has 5 aliphatic rings. The molecule has 1 amide bonds. The summed E-state index contributed by atoms with van der Waals surface area (Å²) in [5, 5.41) is 2.61. The number of nitrogens with one attached hydrogen (secondary N) is 1. The first-order valence-corrected chi connectivity index (χ1v) is 10.5. The number of hydrogen-bond donors (Lipinski definition) is 1. The van der Waals surface area contributed by atoms with Crippen LogP contribution in [-0.4, -0.2) is 53.0 Å². The molecule has 2 bridgehead atoms. The molecular formula is C22H24F2N4O3. The number of rotatable bonds is 6. The summed E-state index contributed by atoms with van der Waals surface area (Å²) in [5.74, 6) is 0.757. The molecule has 6 rings (SSSR count). The van der Waals surface area contributed by atoms with Gasteiger partial charge in [0.15, 0.2) is 0 Å². The third-order valence-corrected chi connectivity index (χ3v) is 6.19. The molecule has 0 spiro atoms. The Morgan fingerprint density at radius 1 is 1.35 bits per heavy atom. The number of ether oxygens (including phenoxy) is 2. The molecule has 7 nitrogen and oxygen atoms in total. The third kappa shape index (κ3) is 3.60. The second-order valence-electron chi connectivity index (χ2n) is 8.78. The maximum absolute atomic E-state index is 13.0. The van der Waals surface area contributed by atoms with Crippen LogP contribution in [0.4, 0.5) is 14.6 Å². The van der Waals surface area contributed by atoms with Crippen LogP contribution in [0.2, 0.25) is 0 Å². The quantitative estimate of drug-likeness (QED) is 0.749. The zero-order valence-electron chi connectivity index (χ0n) is 17.3. The van der Waals surface area contributed by atoms with E-state index in [0.29, 0.717) is 24.0 Å². The maximum Gasteiger partial charge on any atom is 0.280 e. The molecule has 1 aromatic heterocycles. The minimum Gasteiger partial charge on any atom is -0.490 e. The number of carbonyl (C=O) groups is 1. The van der Waals surface area contributed by atoms with E-state index in [1.807, 2.05) is 18.7 Å². The van der Waals surface area contributed by atoms with Gasteiger partial charge < -0.3 is 19.7 Å². The monoisotopic (exact) mass is 430 g/mol. The molecule has 164 valence electrons. The Hall–Kier alpha value is -2.81. The van der Waals surface area contributed by atoms with Gasteiger partial charge in [-0.25, -0.2) is 13.8 Å². The van der Waals surface area contributed by atoms with Crippen molar-refractivity contribution < 1.29 is 23.0 Å². The van der Waals surface area contributed by atoms with E-state index in [-0.39, 0.29) is 23.4 Å². The Kier molecular flexibility index (Phi) is 4.80. The highest BCUT2D eigenvalue weighted by Gasteiger charge is 2.58. The van der Waals surface area contributed by atoms with E-state index in [2.05, 4.69) is 10.3 Å². The molecule has 0 aromatic carbocycles. The van der Waals surface area contributed by atoms with Crippen molar-refractivity contribution in [3.05, 3.63) is 47.5 Å². The summed E-state index contributed by atoms with van der Waals surface area (Å²) in [7, 11) is 0. The number of aliphatic imine (C=N–C) groups is 1. The highest BCUT2D eigenvalue weighted by Crippen LogP contribution is 2.54. The van der Waals surface area contributed by atoms with Crippen molar-refractivity contribution in [2.45, 2.75) is 51.4 Å². The standard InChI is InChI=1S/C22H24F2N4O3/c1-12(2)31-16-6-19-26-17(22-7-13(8-22)30-11-22)10-28(19)9-14(16)21(29)27-18-5-3-4-15(25-18)20(23)24/h3-6,9,12-13,17,20H,7-8,10-11H2,1-2H3,(H,25,27,29). The number of hydrogen-bond acceptors (Lipinski definition) is 6. The number of amides is 1. The van der Waals surface area contributed by atoms with Crippen LogP contribution in [0.15, 0.2) is 46.8 Å². The van der Waals surface area contributed by atoms with Crippen molar-refractivity contribution in [1.82, 2.24) is 9.88 Å². The molecule has 1 aromatic rings. The van der Waals surface area contributed by atoms with Gasteiger partial charge in [-0.3, -0.25) is 9.79 Å². The Balaban J connectivity index is 1.38. The molecule has 1 saturated carbocycles. The summed E-state index contributed by atoms with van der Waals surface area (Å²) in [4.78, 5) is 23.7. The summed E-state index contributed by atoms with van der Waals surface area (Å²) in [6, 6.07) is 4.24. The number of pyridine rings is 1. The predicted molar refractivity (Wildman–Crippen MR) is 110 cm³/mol. The average molecular weight is 430 g/mol.